The first-order valence-corrected chi connectivity index (χ1v) is 5.75. The Kier molecular flexibility index (Phi) is 3.91. The van der Waals surface area contributed by atoms with E-state index in [0.717, 1.165) is 17.8 Å². The summed E-state index contributed by atoms with van der Waals surface area (Å²) in [5.41, 5.74) is 8.23. The van der Waals surface area contributed by atoms with Crippen molar-refractivity contribution in [3.63, 3.8) is 0 Å². The van der Waals surface area contributed by atoms with Gasteiger partial charge in [0.05, 0.1) is 11.4 Å². The van der Waals surface area contributed by atoms with Gasteiger partial charge in [0.25, 0.3) is 0 Å². The van der Waals surface area contributed by atoms with Crippen LogP contribution >= 0.6 is 0 Å². The molecule has 0 saturated carbocycles. The summed E-state index contributed by atoms with van der Waals surface area (Å²) in [4.78, 5) is 0. The smallest absolute Gasteiger partial charge is 0.0630 e. The molecular weight excluding hydrogens is 186 g/mol. The lowest BCUT2D eigenvalue weighted by Gasteiger charge is -2.12. The monoisotopic (exact) mass is 209 g/mol. The third-order valence-corrected chi connectivity index (χ3v) is 2.39. The summed E-state index contributed by atoms with van der Waals surface area (Å²) in [5, 5.41) is 4.61. The minimum Gasteiger partial charge on any atom is -0.323 e. The summed E-state index contributed by atoms with van der Waals surface area (Å²) >= 11 is 0. The molecule has 0 spiro atoms. The van der Waals surface area contributed by atoms with Crippen LogP contribution in [0.25, 0.3) is 0 Å². The molecule has 0 amide bonds. The lowest BCUT2D eigenvalue weighted by atomic mass is 10.1. The van der Waals surface area contributed by atoms with Crippen LogP contribution in [0.2, 0.25) is 0 Å². The van der Waals surface area contributed by atoms with Crippen molar-refractivity contribution in [3.05, 3.63) is 17.5 Å². The molecular formula is C12H23N3. The first kappa shape index (κ1) is 12.2. The molecule has 1 aromatic rings. The summed E-state index contributed by atoms with van der Waals surface area (Å²) in [6.45, 7) is 10.7. The predicted molar refractivity (Wildman–Crippen MR) is 63.8 cm³/mol. The summed E-state index contributed by atoms with van der Waals surface area (Å²) in [5.74, 6) is 0.640. The number of rotatable bonds is 4. The van der Waals surface area contributed by atoms with Crippen molar-refractivity contribution in [2.75, 3.05) is 0 Å². The van der Waals surface area contributed by atoms with Crippen LogP contribution < -0.4 is 5.73 Å². The van der Waals surface area contributed by atoms with Crippen LogP contribution in [0, 0.1) is 5.92 Å². The average Bonchev–Trinajstić information content (AvgIpc) is 2.46. The topological polar surface area (TPSA) is 43.8 Å². The normalized spacial score (nSPS) is 13.9. The van der Waals surface area contributed by atoms with E-state index >= 15 is 0 Å². The number of aromatic nitrogens is 2. The van der Waals surface area contributed by atoms with Gasteiger partial charge in [0.15, 0.2) is 0 Å². The summed E-state index contributed by atoms with van der Waals surface area (Å²) in [6.07, 6.45) is 1.03. The molecule has 0 bridgehead atoms. The highest BCUT2D eigenvalue weighted by atomic mass is 15.3. The highest BCUT2D eigenvalue weighted by Gasteiger charge is 2.13. The number of nitrogens with two attached hydrogens (primary N) is 1. The van der Waals surface area contributed by atoms with Crippen LogP contribution in [0.5, 0.6) is 0 Å². The molecule has 86 valence electrons. The minimum absolute atomic E-state index is 0.0563. The zero-order valence-corrected chi connectivity index (χ0v) is 10.5. The maximum atomic E-state index is 5.94. The molecule has 1 aromatic heterocycles. The first-order valence-electron chi connectivity index (χ1n) is 5.75. The SMILES string of the molecule is CC(C)Cc1cc(C(C)N)n(C(C)C)n1. The van der Waals surface area contributed by atoms with E-state index in [1.54, 1.807) is 0 Å². The van der Waals surface area contributed by atoms with E-state index in [-0.39, 0.29) is 6.04 Å². The molecule has 1 atom stereocenters. The maximum absolute atomic E-state index is 5.94. The Hall–Kier alpha value is -0.830. The van der Waals surface area contributed by atoms with Crippen molar-refractivity contribution >= 4 is 0 Å². The lowest BCUT2D eigenvalue weighted by molar-refractivity contribution is 0.486. The van der Waals surface area contributed by atoms with E-state index < -0.39 is 0 Å². The Labute approximate surface area is 92.7 Å². The second-order valence-electron chi connectivity index (χ2n) is 4.99. The number of hydrogen-bond donors (Lipinski definition) is 1. The Morgan fingerprint density at radius 2 is 1.87 bits per heavy atom. The molecule has 1 unspecified atom stereocenters. The standard InChI is InChI=1S/C12H23N3/c1-8(2)6-11-7-12(10(5)13)15(14-11)9(3)4/h7-10H,6,13H2,1-5H3. The second kappa shape index (κ2) is 4.79. The first-order chi connectivity index (χ1) is 6.91. The van der Waals surface area contributed by atoms with E-state index in [2.05, 4.69) is 38.9 Å². The highest BCUT2D eigenvalue weighted by molar-refractivity contribution is 5.14. The molecule has 15 heavy (non-hydrogen) atoms. The van der Waals surface area contributed by atoms with Crippen molar-refractivity contribution in [2.45, 2.75) is 53.1 Å². The van der Waals surface area contributed by atoms with Gasteiger partial charge >= 0.3 is 0 Å². The summed E-state index contributed by atoms with van der Waals surface area (Å²) in [7, 11) is 0. The van der Waals surface area contributed by atoms with Gasteiger partial charge in [-0.3, -0.25) is 4.68 Å². The number of nitrogens with zero attached hydrogens (tertiary/aromatic N) is 2. The van der Waals surface area contributed by atoms with Crippen molar-refractivity contribution in [3.8, 4) is 0 Å². The van der Waals surface area contributed by atoms with Gasteiger partial charge in [-0.2, -0.15) is 5.10 Å². The van der Waals surface area contributed by atoms with Crippen LogP contribution in [0.15, 0.2) is 6.07 Å². The van der Waals surface area contributed by atoms with Gasteiger partial charge in [0.1, 0.15) is 0 Å². The van der Waals surface area contributed by atoms with E-state index in [0.29, 0.717) is 12.0 Å². The third kappa shape index (κ3) is 3.06. The Morgan fingerprint density at radius 1 is 1.27 bits per heavy atom. The van der Waals surface area contributed by atoms with Crippen LogP contribution in [0.1, 0.15) is 58.1 Å². The zero-order chi connectivity index (χ0) is 11.6. The minimum atomic E-state index is 0.0563. The van der Waals surface area contributed by atoms with Crippen LogP contribution in [-0.4, -0.2) is 9.78 Å². The molecule has 0 saturated heterocycles. The Morgan fingerprint density at radius 3 is 2.20 bits per heavy atom. The number of hydrogen-bond acceptors (Lipinski definition) is 2. The molecule has 0 radical (unpaired) electrons. The Balaban J connectivity index is 2.98. The Bertz CT molecular complexity index is 285. The van der Waals surface area contributed by atoms with Gasteiger partial charge < -0.3 is 5.73 Å². The summed E-state index contributed by atoms with van der Waals surface area (Å²) < 4.78 is 2.04. The third-order valence-electron chi connectivity index (χ3n) is 2.39. The fourth-order valence-corrected chi connectivity index (χ4v) is 1.73. The molecule has 1 heterocycles. The van der Waals surface area contributed by atoms with E-state index in [9.17, 15) is 0 Å². The van der Waals surface area contributed by atoms with Gasteiger partial charge in [-0.05, 0) is 39.2 Å². The fraction of sp³-hybridized carbons (Fsp3) is 0.750. The molecule has 0 aliphatic rings. The maximum Gasteiger partial charge on any atom is 0.0630 e. The van der Waals surface area contributed by atoms with Crippen LogP contribution in [0.4, 0.5) is 0 Å². The highest BCUT2D eigenvalue weighted by Crippen LogP contribution is 2.18. The van der Waals surface area contributed by atoms with Crippen LogP contribution in [-0.2, 0) is 6.42 Å². The zero-order valence-electron chi connectivity index (χ0n) is 10.5. The molecule has 2 N–H and O–H groups in total. The van der Waals surface area contributed by atoms with Gasteiger partial charge in [0, 0.05) is 12.1 Å². The summed E-state index contributed by atoms with van der Waals surface area (Å²) in [6, 6.07) is 2.58. The van der Waals surface area contributed by atoms with Crippen molar-refractivity contribution < 1.29 is 0 Å². The average molecular weight is 209 g/mol. The molecule has 0 fully saturated rings. The molecule has 0 aliphatic heterocycles. The molecule has 3 heteroatoms. The largest absolute Gasteiger partial charge is 0.323 e. The van der Waals surface area contributed by atoms with Crippen LogP contribution in [0.3, 0.4) is 0 Å². The molecule has 1 rings (SSSR count). The van der Waals surface area contributed by atoms with E-state index in [1.165, 1.54) is 0 Å². The van der Waals surface area contributed by atoms with Gasteiger partial charge in [-0.15, -0.1) is 0 Å². The molecule has 3 nitrogen and oxygen atoms in total. The fourth-order valence-electron chi connectivity index (χ4n) is 1.73. The van der Waals surface area contributed by atoms with Crippen molar-refractivity contribution in [1.82, 2.24) is 9.78 Å². The van der Waals surface area contributed by atoms with E-state index in [4.69, 9.17) is 5.73 Å². The quantitative estimate of drug-likeness (QED) is 0.828. The van der Waals surface area contributed by atoms with Gasteiger partial charge in [-0.25, -0.2) is 0 Å². The second-order valence-corrected chi connectivity index (χ2v) is 4.99. The predicted octanol–water partition coefficient (Wildman–Crippen LogP) is 2.68. The van der Waals surface area contributed by atoms with E-state index in [1.807, 2.05) is 11.6 Å². The van der Waals surface area contributed by atoms with Crippen molar-refractivity contribution in [1.29, 1.82) is 0 Å². The van der Waals surface area contributed by atoms with Crippen molar-refractivity contribution in [2.24, 2.45) is 11.7 Å². The van der Waals surface area contributed by atoms with Gasteiger partial charge in [0.2, 0.25) is 0 Å². The van der Waals surface area contributed by atoms with Gasteiger partial charge in [-0.1, -0.05) is 13.8 Å². The molecule has 0 aliphatic carbocycles. The lowest BCUT2D eigenvalue weighted by Crippen LogP contribution is -2.14. The molecule has 0 aromatic carbocycles.